The van der Waals surface area contributed by atoms with Crippen LogP contribution >= 0.6 is 11.6 Å². The van der Waals surface area contributed by atoms with Gasteiger partial charge in [-0.2, -0.15) is 5.26 Å². The Balaban J connectivity index is 2.22. The lowest BCUT2D eigenvalue weighted by atomic mass is 10.2. The third-order valence-electron chi connectivity index (χ3n) is 2.66. The molecule has 4 nitrogen and oxygen atoms in total. The van der Waals surface area contributed by atoms with Crippen molar-refractivity contribution in [2.45, 2.75) is 13.3 Å². The predicted molar refractivity (Wildman–Crippen MR) is 72.2 cm³/mol. The molecule has 0 fully saturated rings. The number of nitrogens with zero attached hydrogens (tertiary/aromatic N) is 1. The molecule has 1 N–H and O–H groups in total. The molecule has 96 valence electrons. The van der Waals surface area contributed by atoms with E-state index in [1.807, 2.05) is 13.0 Å². The zero-order valence-electron chi connectivity index (χ0n) is 10.2. The zero-order chi connectivity index (χ0) is 13.8. The Bertz CT molecular complexity index is 656. The van der Waals surface area contributed by atoms with Gasteiger partial charge >= 0.3 is 0 Å². The highest BCUT2D eigenvalue weighted by molar-refractivity contribution is 6.34. The molecule has 0 aliphatic carbocycles. The van der Waals surface area contributed by atoms with Gasteiger partial charge in [-0.3, -0.25) is 4.79 Å². The van der Waals surface area contributed by atoms with Gasteiger partial charge in [-0.25, -0.2) is 0 Å². The van der Waals surface area contributed by atoms with Gasteiger partial charge in [-0.15, -0.1) is 0 Å². The Labute approximate surface area is 115 Å². The van der Waals surface area contributed by atoms with E-state index < -0.39 is 0 Å². The summed E-state index contributed by atoms with van der Waals surface area (Å²) < 4.78 is 5.20. The second-order valence-corrected chi connectivity index (χ2v) is 4.28. The zero-order valence-corrected chi connectivity index (χ0v) is 11.0. The number of amides is 1. The molecule has 1 amide bonds. The van der Waals surface area contributed by atoms with Gasteiger partial charge in [-0.05, 0) is 24.3 Å². The number of hydrogen-bond donors (Lipinski definition) is 1. The number of furan rings is 1. The Morgan fingerprint density at radius 3 is 2.89 bits per heavy atom. The highest BCUT2D eigenvalue weighted by Crippen LogP contribution is 2.24. The summed E-state index contributed by atoms with van der Waals surface area (Å²) >= 11 is 6.00. The largest absolute Gasteiger partial charge is 0.469 e. The number of carbonyl (C=O) groups excluding carboxylic acids is 1. The van der Waals surface area contributed by atoms with Crippen molar-refractivity contribution in [1.82, 2.24) is 0 Å². The van der Waals surface area contributed by atoms with Crippen LogP contribution in [0, 0.1) is 11.3 Å². The number of aryl methyl sites for hydroxylation is 1. The normalized spacial score (nSPS) is 9.95. The van der Waals surface area contributed by atoms with Gasteiger partial charge in [-0.1, -0.05) is 18.5 Å². The summed E-state index contributed by atoms with van der Waals surface area (Å²) in [6.45, 7) is 1.91. The summed E-state index contributed by atoms with van der Waals surface area (Å²) in [6, 6.07) is 8.30. The SMILES string of the molecule is CCc1occc1C(=O)Nc1ccc(C#N)cc1Cl. The molecule has 0 atom stereocenters. The van der Waals surface area contributed by atoms with E-state index in [-0.39, 0.29) is 5.91 Å². The number of halogens is 1. The summed E-state index contributed by atoms with van der Waals surface area (Å²) in [5.74, 6) is 0.347. The Morgan fingerprint density at radius 1 is 1.47 bits per heavy atom. The minimum Gasteiger partial charge on any atom is -0.469 e. The molecule has 0 bridgehead atoms. The first kappa shape index (κ1) is 13.2. The first-order valence-corrected chi connectivity index (χ1v) is 6.11. The molecule has 0 saturated carbocycles. The fraction of sp³-hybridized carbons (Fsp3) is 0.143. The maximum atomic E-state index is 12.1. The Hall–Kier alpha value is -2.25. The molecule has 2 aromatic rings. The number of rotatable bonds is 3. The predicted octanol–water partition coefficient (Wildman–Crippen LogP) is 3.62. The van der Waals surface area contributed by atoms with Crippen LogP contribution in [-0.4, -0.2) is 5.91 Å². The van der Waals surface area contributed by atoms with Crippen LogP contribution in [0.4, 0.5) is 5.69 Å². The van der Waals surface area contributed by atoms with Gasteiger partial charge in [0.05, 0.1) is 34.2 Å². The molecule has 2 rings (SSSR count). The van der Waals surface area contributed by atoms with E-state index >= 15 is 0 Å². The van der Waals surface area contributed by atoms with Crippen molar-refractivity contribution in [3.05, 3.63) is 52.4 Å². The molecule has 0 radical (unpaired) electrons. The van der Waals surface area contributed by atoms with Crippen LogP contribution in [0.3, 0.4) is 0 Å². The van der Waals surface area contributed by atoms with Gasteiger partial charge < -0.3 is 9.73 Å². The fourth-order valence-corrected chi connectivity index (χ4v) is 1.92. The van der Waals surface area contributed by atoms with Crippen molar-refractivity contribution in [3.63, 3.8) is 0 Å². The number of nitriles is 1. The highest BCUT2D eigenvalue weighted by Gasteiger charge is 2.14. The van der Waals surface area contributed by atoms with Gasteiger partial charge in [0.15, 0.2) is 0 Å². The molecule has 1 aromatic heterocycles. The van der Waals surface area contributed by atoms with Crippen LogP contribution in [0.1, 0.15) is 28.6 Å². The smallest absolute Gasteiger partial charge is 0.259 e. The minimum absolute atomic E-state index is 0.280. The summed E-state index contributed by atoms with van der Waals surface area (Å²) in [4.78, 5) is 12.1. The van der Waals surface area contributed by atoms with Crippen molar-refractivity contribution in [3.8, 4) is 6.07 Å². The maximum Gasteiger partial charge on any atom is 0.259 e. The third-order valence-corrected chi connectivity index (χ3v) is 2.97. The van der Waals surface area contributed by atoms with Gasteiger partial charge in [0, 0.05) is 6.42 Å². The van der Waals surface area contributed by atoms with Gasteiger partial charge in [0.1, 0.15) is 5.76 Å². The van der Waals surface area contributed by atoms with Gasteiger partial charge in [0.2, 0.25) is 0 Å². The monoisotopic (exact) mass is 274 g/mol. The molecule has 5 heteroatoms. The van der Waals surface area contributed by atoms with E-state index in [1.54, 1.807) is 18.2 Å². The van der Waals surface area contributed by atoms with Gasteiger partial charge in [0.25, 0.3) is 5.91 Å². The lowest BCUT2D eigenvalue weighted by molar-refractivity contribution is 0.102. The van der Waals surface area contributed by atoms with E-state index in [9.17, 15) is 4.79 Å². The average molecular weight is 275 g/mol. The molecule has 19 heavy (non-hydrogen) atoms. The van der Waals surface area contributed by atoms with E-state index in [0.29, 0.717) is 34.0 Å². The Morgan fingerprint density at radius 2 is 2.26 bits per heavy atom. The fourth-order valence-electron chi connectivity index (χ4n) is 1.69. The molecule has 0 unspecified atom stereocenters. The standard InChI is InChI=1S/C14H11ClN2O2/c1-2-13-10(5-6-19-13)14(18)17-12-4-3-9(8-16)7-11(12)15/h3-7H,2H2,1H3,(H,17,18). The number of anilines is 1. The molecule has 0 aliphatic heterocycles. The van der Waals surface area contributed by atoms with E-state index in [0.717, 1.165) is 0 Å². The van der Waals surface area contributed by atoms with Crippen LogP contribution in [0.5, 0.6) is 0 Å². The average Bonchev–Trinajstić information content (AvgIpc) is 2.89. The molecule has 0 aliphatic rings. The lowest BCUT2D eigenvalue weighted by Crippen LogP contribution is -2.13. The van der Waals surface area contributed by atoms with Crippen LogP contribution in [0.2, 0.25) is 5.02 Å². The molecular weight excluding hydrogens is 264 g/mol. The van der Waals surface area contributed by atoms with E-state index in [2.05, 4.69) is 5.32 Å². The number of hydrogen-bond acceptors (Lipinski definition) is 3. The first-order chi connectivity index (χ1) is 9.15. The number of carbonyl (C=O) groups is 1. The summed E-state index contributed by atoms with van der Waals surface area (Å²) in [7, 11) is 0. The van der Waals surface area contributed by atoms with Crippen molar-refractivity contribution in [2.24, 2.45) is 0 Å². The number of nitrogens with one attached hydrogen (secondary N) is 1. The van der Waals surface area contributed by atoms with Crippen molar-refractivity contribution < 1.29 is 9.21 Å². The summed E-state index contributed by atoms with van der Waals surface area (Å²) in [5.41, 5.74) is 1.40. The summed E-state index contributed by atoms with van der Waals surface area (Å²) in [5, 5.41) is 11.8. The van der Waals surface area contributed by atoms with E-state index in [1.165, 1.54) is 12.3 Å². The second-order valence-electron chi connectivity index (χ2n) is 3.87. The van der Waals surface area contributed by atoms with Crippen LogP contribution < -0.4 is 5.32 Å². The molecule has 0 spiro atoms. The van der Waals surface area contributed by atoms with Crippen molar-refractivity contribution in [1.29, 1.82) is 5.26 Å². The second kappa shape index (κ2) is 5.59. The van der Waals surface area contributed by atoms with Crippen LogP contribution in [-0.2, 0) is 6.42 Å². The molecular formula is C14H11ClN2O2. The highest BCUT2D eigenvalue weighted by atomic mass is 35.5. The number of benzene rings is 1. The van der Waals surface area contributed by atoms with Crippen LogP contribution in [0.25, 0.3) is 0 Å². The van der Waals surface area contributed by atoms with E-state index in [4.69, 9.17) is 21.3 Å². The minimum atomic E-state index is -0.280. The Kier molecular flexibility index (Phi) is 3.88. The van der Waals surface area contributed by atoms with Crippen LogP contribution in [0.15, 0.2) is 34.9 Å². The maximum absolute atomic E-state index is 12.1. The summed E-state index contributed by atoms with van der Waals surface area (Å²) in [6.07, 6.45) is 2.12. The van der Waals surface area contributed by atoms with Crippen molar-refractivity contribution in [2.75, 3.05) is 5.32 Å². The van der Waals surface area contributed by atoms with Crippen molar-refractivity contribution >= 4 is 23.2 Å². The third kappa shape index (κ3) is 2.78. The topological polar surface area (TPSA) is 66.0 Å². The lowest BCUT2D eigenvalue weighted by Gasteiger charge is -2.07. The molecule has 1 heterocycles. The first-order valence-electron chi connectivity index (χ1n) is 5.73. The molecule has 0 saturated heterocycles. The molecule has 1 aromatic carbocycles. The quantitative estimate of drug-likeness (QED) is 0.929.